The fourth-order valence-corrected chi connectivity index (χ4v) is 6.40. The van der Waals surface area contributed by atoms with Crippen molar-refractivity contribution in [3.8, 4) is 5.69 Å². The number of sulfonamides is 1. The average molecular weight is 528 g/mol. The maximum Gasteiger partial charge on any atom is 0.264 e. The number of aryl methyl sites for hydroxylation is 2. The van der Waals surface area contributed by atoms with Crippen LogP contribution in [-0.4, -0.2) is 74.2 Å². The van der Waals surface area contributed by atoms with Crippen LogP contribution in [0.4, 0.5) is 8.78 Å². The summed E-state index contributed by atoms with van der Waals surface area (Å²) in [6.45, 7) is 3.06. The van der Waals surface area contributed by atoms with Crippen molar-refractivity contribution < 1.29 is 17.2 Å². The van der Waals surface area contributed by atoms with Crippen molar-refractivity contribution >= 4 is 20.9 Å². The molecule has 0 radical (unpaired) electrons. The number of halogens is 2. The summed E-state index contributed by atoms with van der Waals surface area (Å²) in [6, 6.07) is 9.77. The first-order valence-corrected chi connectivity index (χ1v) is 13.6. The molecule has 1 aliphatic carbocycles. The van der Waals surface area contributed by atoms with Crippen LogP contribution >= 0.6 is 0 Å². The van der Waals surface area contributed by atoms with Crippen LogP contribution in [0.3, 0.4) is 0 Å². The smallest absolute Gasteiger partial charge is 0.264 e. The molecule has 2 aromatic carbocycles. The van der Waals surface area contributed by atoms with Crippen molar-refractivity contribution in [3.05, 3.63) is 65.7 Å². The van der Waals surface area contributed by atoms with Gasteiger partial charge in [-0.05, 0) is 67.3 Å². The Balaban J connectivity index is 1.38. The summed E-state index contributed by atoms with van der Waals surface area (Å²) in [5.41, 5.74) is 2.24. The van der Waals surface area contributed by atoms with Crippen molar-refractivity contribution in [1.82, 2.24) is 34.0 Å². The lowest BCUT2D eigenvalue weighted by molar-refractivity contribution is 0.0801. The Kier molecular flexibility index (Phi) is 5.66. The second kappa shape index (κ2) is 8.67. The molecule has 1 unspecified atom stereocenters. The molecule has 6 rings (SSSR count). The molecule has 194 valence electrons. The molecule has 0 N–H and O–H groups in total. The number of alkyl halides is 1. The van der Waals surface area contributed by atoms with Gasteiger partial charge in [0.25, 0.3) is 10.0 Å². The molecule has 2 aliphatic rings. The molecule has 3 heterocycles. The highest BCUT2D eigenvalue weighted by molar-refractivity contribution is 7.89. The molecule has 1 atom stereocenters. The van der Waals surface area contributed by atoms with Crippen molar-refractivity contribution in [1.29, 1.82) is 0 Å². The van der Waals surface area contributed by atoms with E-state index in [1.165, 1.54) is 27.4 Å². The highest BCUT2D eigenvalue weighted by Gasteiger charge is 2.47. The molecule has 1 saturated heterocycles. The van der Waals surface area contributed by atoms with Crippen molar-refractivity contribution in [2.45, 2.75) is 36.5 Å². The molecule has 12 heteroatoms. The Morgan fingerprint density at radius 2 is 1.84 bits per heavy atom. The first kappa shape index (κ1) is 24.1. The molecule has 0 amide bonds. The third-order valence-electron chi connectivity index (χ3n) is 7.30. The van der Waals surface area contributed by atoms with Gasteiger partial charge in [0.2, 0.25) is 5.03 Å². The summed E-state index contributed by atoms with van der Waals surface area (Å²) < 4.78 is 58.2. The summed E-state index contributed by atoms with van der Waals surface area (Å²) in [5.74, 6) is -0.321. The summed E-state index contributed by atoms with van der Waals surface area (Å²) >= 11 is 0. The SMILES string of the molecule is Cc1cc2c(cnn2-c2ccc(F)cc2)cc1C1CN(S(=O)(=O)c2cnn(C)n2)CCN1CC1(F)CC1. The van der Waals surface area contributed by atoms with Gasteiger partial charge in [0.05, 0.1) is 23.6 Å². The van der Waals surface area contributed by atoms with Gasteiger partial charge in [-0.2, -0.15) is 19.3 Å². The van der Waals surface area contributed by atoms with E-state index in [-0.39, 0.29) is 36.5 Å². The first-order chi connectivity index (χ1) is 17.6. The van der Waals surface area contributed by atoms with Gasteiger partial charge in [-0.25, -0.2) is 21.9 Å². The molecule has 1 aliphatic heterocycles. The zero-order valence-electron chi connectivity index (χ0n) is 20.5. The molecule has 0 bridgehead atoms. The number of nitrogens with zero attached hydrogens (tertiary/aromatic N) is 7. The molecule has 9 nitrogen and oxygen atoms in total. The van der Waals surface area contributed by atoms with E-state index in [1.54, 1.807) is 30.1 Å². The highest BCUT2D eigenvalue weighted by atomic mass is 32.2. The van der Waals surface area contributed by atoms with E-state index in [4.69, 9.17) is 0 Å². The number of piperazine rings is 1. The third kappa shape index (κ3) is 4.42. The molecular formula is C25H27F2N7O2S. The van der Waals surface area contributed by atoms with E-state index in [1.807, 2.05) is 19.1 Å². The molecule has 2 aromatic heterocycles. The standard InChI is InChI=1S/C25H27F2N7O2S/c1-17-11-22-18(13-29-34(22)20-5-3-19(26)4-6-20)12-21(17)23-15-33(10-9-32(23)16-25(27)7-8-25)37(35,36)24-14-28-31(2)30-24/h3-6,11-14,23H,7-10,15-16H2,1-2H3. The number of aromatic nitrogens is 5. The van der Waals surface area contributed by atoms with Crippen molar-refractivity contribution in [2.75, 3.05) is 26.2 Å². The Morgan fingerprint density at radius 3 is 2.51 bits per heavy atom. The second-order valence-electron chi connectivity index (χ2n) is 9.97. The summed E-state index contributed by atoms with van der Waals surface area (Å²) in [7, 11) is -2.28. The quantitative estimate of drug-likeness (QED) is 0.383. The van der Waals surface area contributed by atoms with Crippen LogP contribution in [0.2, 0.25) is 0 Å². The molecule has 4 aromatic rings. The van der Waals surface area contributed by atoms with Crippen LogP contribution in [0.25, 0.3) is 16.6 Å². The number of fused-ring (bicyclic) bond motifs is 1. The van der Waals surface area contributed by atoms with Crippen LogP contribution in [0.5, 0.6) is 0 Å². The van der Waals surface area contributed by atoms with Gasteiger partial charge in [-0.1, -0.05) is 0 Å². The fourth-order valence-electron chi connectivity index (χ4n) is 5.08. The lowest BCUT2D eigenvalue weighted by Gasteiger charge is -2.42. The van der Waals surface area contributed by atoms with Gasteiger partial charge >= 0.3 is 0 Å². The number of hydrogen-bond donors (Lipinski definition) is 0. The van der Waals surface area contributed by atoms with Crippen LogP contribution in [-0.2, 0) is 17.1 Å². The van der Waals surface area contributed by atoms with Gasteiger partial charge in [0.1, 0.15) is 11.5 Å². The lowest BCUT2D eigenvalue weighted by Crippen LogP contribution is -2.52. The minimum Gasteiger partial charge on any atom is -0.291 e. The van der Waals surface area contributed by atoms with Crippen molar-refractivity contribution in [2.24, 2.45) is 7.05 Å². The normalized spacial score (nSPS) is 20.5. The maximum absolute atomic E-state index is 14.9. The third-order valence-corrected chi connectivity index (χ3v) is 9.03. The van der Waals surface area contributed by atoms with E-state index < -0.39 is 15.7 Å². The van der Waals surface area contributed by atoms with Gasteiger partial charge in [-0.3, -0.25) is 4.90 Å². The molecular weight excluding hydrogens is 500 g/mol. The van der Waals surface area contributed by atoms with E-state index in [0.717, 1.165) is 27.7 Å². The van der Waals surface area contributed by atoms with Gasteiger partial charge in [0, 0.05) is 44.7 Å². The minimum atomic E-state index is -3.85. The summed E-state index contributed by atoms with van der Waals surface area (Å²) in [5, 5.41) is 13.2. The topological polar surface area (TPSA) is 89.2 Å². The number of benzene rings is 2. The predicted octanol–water partition coefficient (Wildman–Crippen LogP) is 3.15. The van der Waals surface area contributed by atoms with Crippen LogP contribution in [0.15, 0.2) is 53.8 Å². The zero-order valence-corrected chi connectivity index (χ0v) is 21.4. The molecule has 1 saturated carbocycles. The monoisotopic (exact) mass is 527 g/mol. The van der Waals surface area contributed by atoms with E-state index in [2.05, 4.69) is 20.2 Å². The average Bonchev–Trinajstić information content (AvgIpc) is 3.23. The van der Waals surface area contributed by atoms with Crippen LogP contribution in [0, 0.1) is 12.7 Å². The van der Waals surface area contributed by atoms with E-state index >= 15 is 0 Å². The fraction of sp³-hybridized carbons (Fsp3) is 0.400. The van der Waals surface area contributed by atoms with Crippen LogP contribution < -0.4 is 0 Å². The number of rotatable bonds is 6. The molecule has 0 spiro atoms. The Labute approximate surface area is 213 Å². The van der Waals surface area contributed by atoms with Crippen molar-refractivity contribution in [3.63, 3.8) is 0 Å². The predicted molar refractivity (Wildman–Crippen MR) is 133 cm³/mol. The van der Waals surface area contributed by atoms with Gasteiger partial charge in [0.15, 0.2) is 0 Å². The Bertz CT molecular complexity index is 1580. The van der Waals surface area contributed by atoms with E-state index in [0.29, 0.717) is 19.4 Å². The van der Waals surface area contributed by atoms with Gasteiger partial charge in [-0.15, -0.1) is 5.10 Å². The lowest BCUT2D eigenvalue weighted by atomic mass is 9.96. The van der Waals surface area contributed by atoms with Gasteiger partial charge < -0.3 is 0 Å². The zero-order chi connectivity index (χ0) is 25.9. The first-order valence-electron chi connectivity index (χ1n) is 12.2. The highest BCUT2D eigenvalue weighted by Crippen LogP contribution is 2.43. The van der Waals surface area contributed by atoms with Crippen LogP contribution in [0.1, 0.15) is 30.0 Å². The largest absolute Gasteiger partial charge is 0.291 e. The molecule has 2 fully saturated rings. The maximum atomic E-state index is 14.9. The summed E-state index contributed by atoms with van der Waals surface area (Å²) in [6.07, 6.45) is 4.04. The summed E-state index contributed by atoms with van der Waals surface area (Å²) in [4.78, 5) is 3.28. The number of hydrogen-bond acceptors (Lipinski definition) is 6. The Morgan fingerprint density at radius 1 is 1.08 bits per heavy atom. The minimum absolute atomic E-state index is 0.0981. The molecule has 37 heavy (non-hydrogen) atoms. The Hall–Kier alpha value is -3.22. The van der Waals surface area contributed by atoms with E-state index in [9.17, 15) is 17.2 Å². The second-order valence-corrected chi connectivity index (χ2v) is 11.9.